The average molecular weight is 343 g/mol. The molecule has 0 radical (unpaired) electrons. The van der Waals surface area contributed by atoms with Gasteiger partial charge in [0.1, 0.15) is 6.61 Å². The number of amides is 1. The number of likely N-dealkylation sites (tertiary alicyclic amines) is 1. The first-order valence-corrected chi connectivity index (χ1v) is 8.28. The smallest absolute Gasteiger partial charge is 0.410 e. The lowest BCUT2D eigenvalue weighted by Gasteiger charge is -2.17. The van der Waals surface area contributed by atoms with Crippen LogP contribution in [0.2, 0.25) is 0 Å². The fraction of sp³-hybridized carbons (Fsp3) is 0.389. The van der Waals surface area contributed by atoms with Crippen LogP contribution >= 0.6 is 0 Å². The number of benzene rings is 1. The summed E-state index contributed by atoms with van der Waals surface area (Å²) in [6, 6.07) is 9.40. The number of carbonyl (C=O) groups excluding carboxylic acids is 1. The first-order chi connectivity index (χ1) is 12.1. The number of aryl methyl sites for hydroxylation is 1. The van der Waals surface area contributed by atoms with Crippen molar-refractivity contribution < 1.29 is 19.4 Å². The minimum Gasteiger partial charge on any atom is -0.481 e. The summed E-state index contributed by atoms with van der Waals surface area (Å²) < 4.78 is 7.25. The summed E-state index contributed by atoms with van der Waals surface area (Å²) in [7, 11) is 0. The third-order valence-electron chi connectivity index (χ3n) is 4.57. The normalized spacial score (nSPS) is 19.8. The van der Waals surface area contributed by atoms with Gasteiger partial charge in [0.2, 0.25) is 0 Å². The highest BCUT2D eigenvalue weighted by molar-refractivity contribution is 5.75. The highest BCUT2D eigenvalue weighted by Gasteiger charge is 2.42. The number of ether oxygens (including phenoxy) is 1. The molecule has 1 aliphatic rings. The third kappa shape index (κ3) is 3.65. The van der Waals surface area contributed by atoms with E-state index in [1.54, 1.807) is 12.5 Å². The summed E-state index contributed by atoms with van der Waals surface area (Å²) in [6.07, 6.45) is 2.88. The van der Waals surface area contributed by atoms with Gasteiger partial charge in [-0.2, -0.15) is 0 Å². The molecule has 0 aliphatic carbocycles. The van der Waals surface area contributed by atoms with Crippen molar-refractivity contribution in [2.75, 3.05) is 13.1 Å². The predicted octanol–water partition coefficient (Wildman–Crippen LogP) is 2.34. The summed E-state index contributed by atoms with van der Waals surface area (Å²) in [5.41, 5.74) is 1.73. The molecule has 132 valence electrons. The van der Waals surface area contributed by atoms with Crippen molar-refractivity contribution >= 4 is 12.1 Å². The van der Waals surface area contributed by atoms with Crippen LogP contribution in [-0.2, 0) is 22.7 Å². The Labute approximate surface area is 145 Å². The molecule has 3 rings (SSSR count). The van der Waals surface area contributed by atoms with E-state index in [4.69, 9.17) is 4.74 Å². The number of aliphatic carboxylic acids is 1. The maximum Gasteiger partial charge on any atom is 0.410 e. The Hall–Kier alpha value is -2.83. The molecule has 2 aromatic rings. The fourth-order valence-corrected chi connectivity index (χ4v) is 3.22. The zero-order valence-electron chi connectivity index (χ0n) is 14.0. The topological polar surface area (TPSA) is 84.7 Å². The monoisotopic (exact) mass is 343 g/mol. The molecule has 1 saturated heterocycles. The van der Waals surface area contributed by atoms with E-state index < -0.39 is 18.0 Å². The lowest BCUT2D eigenvalue weighted by atomic mass is 9.93. The molecule has 0 saturated carbocycles. The molecule has 1 aromatic carbocycles. The Morgan fingerprint density at radius 1 is 1.28 bits per heavy atom. The second-order valence-electron chi connectivity index (χ2n) is 6.10. The molecule has 25 heavy (non-hydrogen) atoms. The molecule has 2 unspecified atom stereocenters. The van der Waals surface area contributed by atoms with Crippen molar-refractivity contribution in [3.05, 3.63) is 54.1 Å². The maximum absolute atomic E-state index is 12.3. The molecule has 1 aromatic heterocycles. The van der Waals surface area contributed by atoms with Gasteiger partial charge in [0.15, 0.2) is 0 Å². The fourth-order valence-electron chi connectivity index (χ4n) is 3.22. The SMILES string of the molecule is CCn1cncc1C1CN(C(=O)OCc2ccccc2)CC1C(=O)O. The quantitative estimate of drug-likeness (QED) is 0.901. The van der Waals surface area contributed by atoms with E-state index in [1.165, 1.54) is 4.90 Å². The maximum atomic E-state index is 12.3. The Kier molecular flexibility index (Phi) is 5.02. The third-order valence-corrected chi connectivity index (χ3v) is 4.57. The predicted molar refractivity (Wildman–Crippen MR) is 90.0 cm³/mol. The van der Waals surface area contributed by atoms with Crippen LogP contribution in [0.5, 0.6) is 0 Å². The first-order valence-electron chi connectivity index (χ1n) is 8.28. The molecule has 1 N–H and O–H groups in total. The Balaban J connectivity index is 1.69. The molecule has 0 spiro atoms. The summed E-state index contributed by atoms with van der Waals surface area (Å²) in [4.78, 5) is 29.6. The van der Waals surface area contributed by atoms with Gasteiger partial charge in [0, 0.05) is 37.4 Å². The molecular formula is C18H21N3O4. The molecule has 2 atom stereocenters. The van der Waals surface area contributed by atoms with Gasteiger partial charge in [0.05, 0.1) is 12.2 Å². The molecule has 0 bridgehead atoms. The summed E-state index contributed by atoms with van der Waals surface area (Å²) in [5.74, 6) is -1.86. The van der Waals surface area contributed by atoms with E-state index in [2.05, 4.69) is 4.98 Å². The molecule has 7 heteroatoms. The van der Waals surface area contributed by atoms with Gasteiger partial charge < -0.3 is 19.3 Å². The van der Waals surface area contributed by atoms with Gasteiger partial charge in [-0.1, -0.05) is 30.3 Å². The zero-order valence-corrected chi connectivity index (χ0v) is 14.0. The van der Waals surface area contributed by atoms with E-state index in [0.717, 1.165) is 11.3 Å². The Morgan fingerprint density at radius 3 is 2.72 bits per heavy atom. The van der Waals surface area contributed by atoms with Crippen molar-refractivity contribution in [3.63, 3.8) is 0 Å². The zero-order chi connectivity index (χ0) is 17.8. The molecule has 2 heterocycles. The summed E-state index contributed by atoms with van der Waals surface area (Å²) in [5, 5.41) is 9.55. The molecule has 1 aliphatic heterocycles. The van der Waals surface area contributed by atoms with Gasteiger partial charge in [0.25, 0.3) is 0 Å². The summed E-state index contributed by atoms with van der Waals surface area (Å²) in [6.45, 7) is 3.31. The first kappa shape index (κ1) is 17.0. The second kappa shape index (κ2) is 7.38. The van der Waals surface area contributed by atoms with Gasteiger partial charge in [-0.3, -0.25) is 4.79 Å². The lowest BCUT2D eigenvalue weighted by molar-refractivity contribution is -0.141. The van der Waals surface area contributed by atoms with Gasteiger partial charge in [-0.25, -0.2) is 9.78 Å². The van der Waals surface area contributed by atoms with E-state index >= 15 is 0 Å². The van der Waals surface area contributed by atoms with Crippen LogP contribution in [0.15, 0.2) is 42.9 Å². The molecule has 1 amide bonds. The van der Waals surface area contributed by atoms with Crippen LogP contribution in [0.4, 0.5) is 4.79 Å². The van der Waals surface area contributed by atoms with Crippen LogP contribution < -0.4 is 0 Å². The van der Waals surface area contributed by atoms with Crippen molar-refractivity contribution in [1.82, 2.24) is 14.5 Å². The lowest BCUT2D eigenvalue weighted by Crippen LogP contribution is -2.30. The van der Waals surface area contributed by atoms with Gasteiger partial charge in [-0.05, 0) is 12.5 Å². The van der Waals surface area contributed by atoms with Gasteiger partial charge >= 0.3 is 12.1 Å². The number of carbonyl (C=O) groups is 2. The number of imidazole rings is 1. The van der Waals surface area contributed by atoms with Crippen molar-refractivity contribution in [2.24, 2.45) is 5.92 Å². The number of hydrogen-bond acceptors (Lipinski definition) is 4. The number of aromatic nitrogens is 2. The Bertz CT molecular complexity index is 744. The van der Waals surface area contributed by atoms with E-state index in [9.17, 15) is 14.7 Å². The van der Waals surface area contributed by atoms with Crippen LogP contribution in [-0.4, -0.2) is 44.7 Å². The number of carboxylic acids is 1. The molecule has 7 nitrogen and oxygen atoms in total. The highest BCUT2D eigenvalue weighted by atomic mass is 16.6. The molecule has 1 fully saturated rings. The van der Waals surface area contributed by atoms with Crippen LogP contribution in [0.3, 0.4) is 0 Å². The van der Waals surface area contributed by atoms with Crippen molar-refractivity contribution in [1.29, 1.82) is 0 Å². The van der Waals surface area contributed by atoms with E-state index in [1.807, 2.05) is 41.8 Å². The molecular weight excluding hydrogens is 322 g/mol. The minimum atomic E-state index is -0.910. The Morgan fingerprint density at radius 2 is 2.04 bits per heavy atom. The number of nitrogens with zero attached hydrogens (tertiary/aromatic N) is 3. The average Bonchev–Trinajstić information content (AvgIpc) is 3.26. The van der Waals surface area contributed by atoms with E-state index in [0.29, 0.717) is 13.1 Å². The number of hydrogen-bond donors (Lipinski definition) is 1. The largest absolute Gasteiger partial charge is 0.481 e. The van der Waals surface area contributed by atoms with Crippen molar-refractivity contribution in [3.8, 4) is 0 Å². The van der Waals surface area contributed by atoms with Crippen LogP contribution in [0.1, 0.15) is 24.1 Å². The minimum absolute atomic E-state index is 0.141. The van der Waals surface area contributed by atoms with Crippen LogP contribution in [0.25, 0.3) is 0 Å². The van der Waals surface area contributed by atoms with Crippen LogP contribution in [0, 0.1) is 5.92 Å². The van der Waals surface area contributed by atoms with Gasteiger partial charge in [-0.15, -0.1) is 0 Å². The highest BCUT2D eigenvalue weighted by Crippen LogP contribution is 2.33. The van der Waals surface area contributed by atoms with Crippen molar-refractivity contribution in [2.45, 2.75) is 26.0 Å². The number of carboxylic acid groups (broad SMARTS) is 1. The number of rotatable bonds is 5. The summed E-state index contributed by atoms with van der Waals surface area (Å²) >= 11 is 0. The van der Waals surface area contributed by atoms with E-state index in [-0.39, 0.29) is 19.1 Å². The standard InChI is InChI=1S/C18H21N3O4/c1-2-20-12-19-8-16(20)14-9-21(10-15(14)17(22)23)18(24)25-11-13-6-4-3-5-7-13/h3-8,12,14-15H,2,9-11H2,1H3,(H,22,23). The second-order valence-corrected chi connectivity index (χ2v) is 6.10.